The van der Waals surface area contributed by atoms with Gasteiger partial charge in [-0.1, -0.05) is 19.8 Å². The van der Waals surface area contributed by atoms with Crippen molar-refractivity contribution in [1.82, 2.24) is 10.2 Å². The van der Waals surface area contributed by atoms with Crippen LogP contribution in [-0.2, 0) is 4.79 Å². The zero-order valence-corrected chi connectivity index (χ0v) is 10.6. The Bertz CT molecular complexity index is 316. The molecule has 0 aliphatic heterocycles. The van der Waals surface area contributed by atoms with E-state index in [1.807, 2.05) is 0 Å². The molecule has 5 nitrogen and oxygen atoms in total. The van der Waals surface area contributed by atoms with Crippen molar-refractivity contribution in [3.63, 3.8) is 0 Å². The molecule has 0 fully saturated rings. The van der Waals surface area contributed by atoms with E-state index >= 15 is 0 Å². The van der Waals surface area contributed by atoms with Gasteiger partial charge in [-0.05, 0) is 19.8 Å². The van der Waals surface area contributed by atoms with E-state index in [1.54, 1.807) is 20.8 Å². The van der Waals surface area contributed by atoms with Crippen LogP contribution >= 0.6 is 0 Å². The summed E-state index contributed by atoms with van der Waals surface area (Å²) in [6.45, 7) is 5.87. The number of hydrogen-bond donors (Lipinski definition) is 2. The minimum atomic E-state index is -1.21. The molecule has 0 radical (unpaired) electrons. The van der Waals surface area contributed by atoms with Crippen molar-refractivity contribution in [3.8, 4) is 12.3 Å². The van der Waals surface area contributed by atoms with E-state index in [1.165, 1.54) is 4.90 Å². The lowest BCUT2D eigenvalue weighted by molar-refractivity contribution is -0.144. The first kappa shape index (κ1) is 15.3. The molecule has 5 heteroatoms. The third-order valence-corrected chi connectivity index (χ3v) is 2.91. The number of nitrogens with one attached hydrogen (secondary N) is 1. The van der Waals surface area contributed by atoms with Gasteiger partial charge in [0.2, 0.25) is 0 Å². The van der Waals surface area contributed by atoms with E-state index in [0.29, 0.717) is 19.4 Å². The number of carboxylic acid groups (broad SMARTS) is 1. The molecule has 17 heavy (non-hydrogen) atoms. The van der Waals surface area contributed by atoms with Gasteiger partial charge in [-0.3, -0.25) is 0 Å². The van der Waals surface area contributed by atoms with Gasteiger partial charge in [-0.25, -0.2) is 9.59 Å². The molecule has 2 amide bonds. The Morgan fingerprint density at radius 2 is 1.88 bits per heavy atom. The molecule has 0 aliphatic carbocycles. The summed E-state index contributed by atoms with van der Waals surface area (Å²) in [5.41, 5.74) is -1.21. The quantitative estimate of drug-likeness (QED) is 0.687. The zero-order chi connectivity index (χ0) is 13.5. The maximum atomic E-state index is 11.9. The van der Waals surface area contributed by atoms with Crippen LogP contribution in [0.4, 0.5) is 4.79 Å². The van der Waals surface area contributed by atoms with Crippen molar-refractivity contribution in [3.05, 3.63) is 0 Å². The number of carbonyl (C=O) groups excluding carboxylic acids is 1. The van der Waals surface area contributed by atoms with Crippen molar-refractivity contribution in [2.24, 2.45) is 0 Å². The van der Waals surface area contributed by atoms with Crippen LogP contribution in [0, 0.1) is 12.3 Å². The van der Waals surface area contributed by atoms with Crippen LogP contribution in [0.25, 0.3) is 0 Å². The summed E-state index contributed by atoms with van der Waals surface area (Å²) >= 11 is 0. The lowest BCUT2D eigenvalue weighted by Gasteiger charge is -2.31. The van der Waals surface area contributed by atoms with Gasteiger partial charge in [0, 0.05) is 6.54 Å². The van der Waals surface area contributed by atoms with E-state index in [9.17, 15) is 14.7 Å². The van der Waals surface area contributed by atoms with Crippen LogP contribution in [0.3, 0.4) is 0 Å². The SMILES string of the molecule is C#CCN(CC)C(=O)NC(CC)(CC)C(=O)O. The average Bonchev–Trinajstić information content (AvgIpc) is 2.32. The predicted octanol–water partition coefficient (Wildman–Crippen LogP) is 1.29. The number of hydrogen-bond acceptors (Lipinski definition) is 2. The molecule has 2 N–H and O–H groups in total. The third-order valence-electron chi connectivity index (χ3n) is 2.91. The lowest BCUT2D eigenvalue weighted by atomic mass is 9.93. The Labute approximate surface area is 102 Å². The standard InChI is InChI=1S/C12H20N2O3/c1-5-9-14(8-4)11(17)13-12(6-2,7-3)10(15)16/h1H,6-9H2,2-4H3,(H,13,17)(H,15,16). The Morgan fingerprint density at radius 3 is 2.18 bits per heavy atom. The molecule has 0 atom stereocenters. The summed E-state index contributed by atoms with van der Waals surface area (Å²) in [6, 6.07) is -0.434. The summed E-state index contributed by atoms with van der Waals surface area (Å²) in [6.07, 6.45) is 5.81. The predicted molar refractivity (Wildman–Crippen MR) is 65.6 cm³/mol. The number of urea groups is 1. The highest BCUT2D eigenvalue weighted by atomic mass is 16.4. The molecule has 0 saturated carbocycles. The maximum absolute atomic E-state index is 11.9. The fraction of sp³-hybridized carbons (Fsp3) is 0.667. The molecule has 0 rings (SSSR count). The molecule has 0 saturated heterocycles. The zero-order valence-electron chi connectivity index (χ0n) is 10.6. The number of carbonyl (C=O) groups is 2. The number of amides is 2. The minimum Gasteiger partial charge on any atom is -0.480 e. The number of carboxylic acids is 1. The smallest absolute Gasteiger partial charge is 0.329 e. The minimum absolute atomic E-state index is 0.172. The summed E-state index contributed by atoms with van der Waals surface area (Å²) in [7, 11) is 0. The molecule has 0 aromatic carbocycles. The fourth-order valence-corrected chi connectivity index (χ4v) is 1.50. The molecule has 0 spiro atoms. The van der Waals surface area contributed by atoms with Gasteiger partial charge >= 0.3 is 12.0 Å². The van der Waals surface area contributed by atoms with Gasteiger partial charge < -0.3 is 15.3 Å². The Balaban J connectivity index is 4.83. The highest BCUT2D eigenvalue weighted by Crippen LogP contribution is 2.15. The Morgan fingerprint density at radius 1 is 1.35 bits per heavy atom. The van der Waals surface area contributed by atoms with E-state index in [-0.39, 0.29) is 6.54 Å². The first-order valence-electron chi connectivity index (χ1n) is 5.71. The van der Waals surface area contributed by atoms with E-state index in [2.05, 4.69) is 11.2 Å². The highest BCUT2D eigenvalue weighted by Gasteiger charge is 2.37. The summed E-state index contributed by atoms with van der Waals surface area (Å²) in [5.74, 6) is 1.35. The third kappa shape index (κ3) is 3.66. The number of terminal acetylenes is 1. The molecular formula is C12H20N2O3. The normalized spacial score (nSPS) is 10.5. The summed E-state index contributed by atoms with van der Waals surface area (Å²) in [4.78, 5) is 24.5. The monoisotopic (exact) mass is 240 g/mol. The maximum Gasteiger partial charge on any atom is 0.329 e. The van der Waals surface area contributed by atoms with Gasteiger partial charge in [0.05, 0.1) is 6.54 Å². The van der Waals surface area contributed by atoms with Crippen LogP contribution in [-0.4, -0.2) is 40.6 Å². The first-order chi connectivity index (χ1) is 7.97. The molecule has 0 bridgehead atoms. The van der Waals surface area contributed by atoms with Crippen LogP contribution in [0.2, 0.25) is 0 Å². The van der Waals surface area contributed by atoms with Gasteiger partial charge in [0.1, 0.15) is 5.54 Å². The Kier molecular flexibility index (Phi) is 6.11. The average molecular weight is 240 g/mol. The van der Waals surface area contributed by atoms with Crippen LogP contribution in [0.1, 0.15) is 33.6 Å². The second-order valence-electron chi connectivity index (χ2n) is 3.74. The second kappa shape index (κ2) is 6.79. The highest BCUT2D eigenvalue weighted by molar-refractivity contribution is 5.86. The molecule has 0 aromatic rings. The van der Waals surface area contributed by atoms with Gasteiger partial charge in [0.15, 0.2) is 0 Å². The molecule has 0 unspecified atom stereocenters. The van der Waals surface area contributed by atoms with Gasteiger partial charge in [-0.2, -0.15) is 0 Å². The van der Waals surface area contributed by atoms with Crippen LogP contribution < -0.4 is 5.32 Å². The van der Waals surface area contributed by atoms with E-state index in [4.69, 9.17) is 6.42 Å². The number of nitrogens with zero attached hydrogens (tertiary/aromatic N) is 1. The van der Waals surface area contributed by atoms with Gasteiger partial charge in [0.25, 0.3) is 0 Å². The second-order valence-corrected chi connectivity index (χ2v) is 3.74. The van der Waals surface area contributed by atoms with E-state index < -0.39 is 17.5 Å². The largest absolute Gasteiger partial charge is 0.480 e. The number of aliphatic carboxylic acids is 1. The van der Waals surface area contributed by atoms with Gasteiger partial charge in [-0.15, -0.1) is 6.42 Å². The Hall–Kier alpha value is -1.70. The molecule has 0 aromatic heterocycles. The molecule has 0 heterocycles. The van der Waals surface area contributed by atoms with Crippen molar-refractivity contribution in [1.29, 1.82) is 0 Å². The summed E-state index contributed by atoms with van der Waals surface area (Å²) in [5, 5.41) is 11.7. The van der Waals surface area contributed by atoms with Crippen molar-refractivity contribution in [2.75, 3.05) is 13.1 Å². The van der Waals surface area contributed by atoms with E-state index in [0.717, 1.165) is 0 Å². The fourth-order valence-electron chi connectivity index (χ4n) is 1.50. The summed E-state index contributed by atoms with van der Waals surface area (Å²) < 4.78 is 0. The number of rotatable bonds is 6. The van der Waals surface area contributed by atoms with Crippen molar-refractivity contribution in [2.45, 2.75) is 39.2 Å². The molecular weight excluding hydrogens is 220 g/mol. The topological polar surface area (TPSA) is 69.6 Å². The van der Waals surface area contributed by atoms with Crippen LogP contribution in [0.15, 0.2) is 0 Å². The molecule has 96 valence electrons. The lowest BCUT2D eigenvalue weighted by Crippen LogP contribution is -2.57. The first-order valence-corrected chi connectivity index (χ1v) is 5.71. The van der Waals surface area contributed by atoms with Crippen LogP contribution in [0.5, 0.6) is 0 Å². The molecule has 0 aliphatic rings. The van der Waals surface area contributed by atoms with Crippen molar-refractivity contribution >= 4 is 12.0 Å². The van der Waals surface area contributed by atoms with Crippen molar-refractivity contribution < 1.29 is 14.7 Å².